The highest BCUT2D eigenvalue weighted by molar-refractivity contribution is 5.83. The molecule has 100 valence electrons. The molecule has 0 aromatic carbocycles. The molecular formula is C13H17N5O. The maximum atomic E-state index is 5.49. The van der Waals surface area contributed by atoms with Crippen molar-refractivity contribution in [2.75, 3.05) is 37.7 Å². The van der Waals surface area contributed by atoms with Gasteiger partial charge in [0.05, 0.1) is 17.5 Å². The third kappa shape index (κ3) is 2.44. The first-order chi connectivity index (χ1) is 9.38. The lowest BCUT2D eigenvalue weighted by Crippen LogP contribution is -2.44. The van der Waals surface area contributed by atoms with Crippen LogP contribution in [0.2, 0.25) is 0 Å². The number of aromatic nitrogens is 3. The van der Waals surface area contributed by atoms with E-state index < -0.39 is 0 Å². The Balaban J connectivity index is 1.96. The molecule has 0 unspecified atom stereocenters. The molecule has 1 N–H and O–H groups in total. The van der Waals surface area contributed by atoms with Crippen LogP contribution in [0.25, 0.3) is 10.9 Å². The largest absolute Gasteiger partial charge is 0.477 e. The lowest BCUT2D eigenvalue weighted by Gasteiger charge is -2.27. The van der Waals surface area contributed by atoms with Gasteiger partial charge in [-0.05, 0) is 13.0 Å². The normalized spacial score (nSPS) is 15.7. The highest BCUT2D eigenvalue weighted by atomic mass is 16.5. The summed E-state index contributed by atoms with van der Waals surface area (Å²) in [6.07, 6.45) is 3.53. The lowest BCUT2D eigenvalue weighted by atomic mass is 10.3. The number of anilines is 1. The summed E-state index contributed by atoms with van der Waals surface area (Å²) in [7, 11) is 0. The second kappa shape index (κ2) is 5.36. The number of rotatable bonds is 3. The number of hydrogen-bond acceptors (Lipinski definition) is 6. The van der Waals surface area contributed by atoms with Gasteiger partial charge >= 0.3 is 0 Å². The molecule has 0 saturated carbocycles. The van der Waals surface area contributed by atoms with Crippen LogP contribution >= 0.6 is 0 Å². The molecule has 0 bridgehead atoms. The van der Waals surface area contributed by atoms with Crippen molar-refractivity contribution in [3.63, 3.8) is 0 Å². The average Bonchev–Trinajstić information content (AvgIpc) is 2.48. The predicted octanol–water partition coefficient (Wildman–Crippen LogP) is 0.833. The van der Waals surface area contributed by atoms with Crippen LogP contribution < -0.4 is 15.0 Å². The van der Waals surface area contributed by atoms with Gasteiger partial charge in [-0.15, -0.1) is 0 Å². The summed E-state index contributed by atoms with van der Waals surface area (Å²) >= 11 is 0. The molecule has 6 heteroatoms. The standard InChI is InChI=1S/C13H17N5O/c1-2-19-12-10-9-16-13(17-11(10)3-4-15-12)18-7-5-14-6-8-18/h3-4,9,14H,2,5-8H2,1H3. The Hall–Kier alpha value is -1.95. The van der Waals surface area contributed by atoms with E-state index in [0.717, 1.165) is 43.0 Å². The molecule has 0 spiro atoms. The summed E-state index contributed by atoms with van der Waals surface area (Å²) in [5, 5.41) is 4.18. The van der Waals surface area contributed by atoms with Gasteiger partial charge in [0.15, 0.2) is 0 Å². The maximum Gasteiger partial charge on any atom is 0.225 e. The Morgan fingerprint density at radius 1 is 1.32 bits per heavy atom. The molecule has 0 aliphatic carbocycles. The fourth-order valence-electron chi connectivity index (χ4n) is 2.19. The molecule has 1 fully saturated rings. The second-order valence-corrected chi connectivity index (χ2v) is 4.39. The van der Waals surface area contributed by atoms with E-state index in [1.165, 1.54) is 0 Å². The van der Waals surface area contributed by atoms with Gasteiger partial charge in [-0.1, -0.05) is 0 Å². The summed E-state index contributed by atoms with van der Waals surface area (Å²) in [4.78, 5) is 15.5. The lowest BCUT2D eigenvalue weighted by molar-refractivity contribution is 0.331. The molecule has 19 heavy (non-hydrogen) atoms. The number of nitrogens with zero attached hydrogens (tertiary/aromatic N) is 4. The fraction of sp³-hybridized carbons (Fsp3) is 0.462. The molecule has 2 aromatic rings. The van der Waals surface area contributed by atoms with Crippen molar-refractivity contribution in [3.05, 3.63) is 18.5 Å². The molecular weight excluding hydrogens is 242 g/mol. The molecule has 1 aliphatic heterocycles. The molecule has 1 aliphatic rings. The Bertz CT molecular complexity index is 568. The maximum absolute atomic E-state index is 5.49. The van der Waals surface area contributed by atoms with Crippen molar-refractivity contribution < 1.29 is 4.74 Å². The SMILES string of the molecule is CCOc1nccc2nc(N3CCNCC3)ncc12. The molecule has 3 heterocycles. The van der Waals surface area contributed by atoms with Crippen LogP contribution in [0.3, 0.4) is 0 Å². The summed E-state index contributed by atoms with van der Waals surface area (Å²) in [5.41, 5.74) is 0.877. The highest BCUT2D eigenvalue weighted by Crippen LogP contribution is 2.22. The van der Waals surface area contributed by atoms with Crippen molar-refractivity contribution in [2.24, 2.45) is 0 Å². The van der Waals surface area contributed by atoms with E-state index in [0.29, 0.717) is 12.5 Å². The molecule has 0 radical (unpaired) electrons. The molecule has 0 atom stereocenters. The van der Waals surface area contributed by atoms with E-state index >= 15 is 0 Å². The number of piperazine rings is 1. The summed E-state index contributed by atoms with van der Waals surface area (Å²) in [6.45, 7) is 6.36. The van der Waals surface area contributed by atoms with E-state index in [-0.39, 0.29) is 0 Å². The van der Waals surface area contributed by atoms with Gasteiger partial charge in [0, 0.05) is 38.6 Å². The quantitative estimate of drug-likeness (QED) is 0.881. The van der Waals surface area contributed by atoms with E-state index in [1.54, 1.807) is 12.4 Å². The monoisotopic (exact) mass is 259 g/mol. The van der Waals surface area contributed by atoms with Crippen molar-refractivity contribution in [2.45, 2.75) is 6.92 Å². The first-order valence-corrected chi connectivity index (χ1v) is 6.58. The zero-order chi connectivity index (χ0) is 13.1. The summed E-state index contributed by atoms with van der Waals surface area (Å²) < 4.78 is 5.49. The van der Waals surface area contributed by atoms with Crippen LogP contribution in [-0.2, 0) is 0 Å². The summed E-state index contributed by atoms with van der Waals surface area (Å²) in [6, 6.07) is 1.89. The van der Waals surface area contributed by atoms with Crippen molar-refractivity contribution >= 4 is 16.9 Å². The first kappa shape index (κ1) is 12.1. The van der Waals surface area contributed by atoms with E-state index in [1.807, 2.05) is 13.0 Å². The molecule has 1 saturated heterocycles. The number of nitrogens with one attached hydrogen (secondary N) is 1. The van der Waals surface area contributed by atoms with Gasteiger partial charge in [0.25, 0.3) is 0 Å². The van der Waals surface area contributed by atoms with Crippen LogP contribution in [0.4, 0.5) is 5.95 Å². The van der Waals surface area contributed by atoms with Crippen molar-refractivity contribution in [3.8, 4) is 5.88 Å². The highest BCUT2D eigenvalue weighted by Gasteiger charge is 2.14. The second-order valence-electron chi connectivity index (χ2n) is 4.39. The Morgan fingerprint density at radius 2 is 2.16 bits per heavy atom. The predicted molar refractivity (Wildman–Crippen MR) is 73.6 cm³/mol. The number of pyridine rings is 1. The minimum atomic E-state index is 0.589. The van der Waals surface area contributed by atoms with Gasteiger partial charge in [-0.2, -0.15) is 0 Å². The minimum absolute atomic E-state index is 0.589. The third-order valence-electron chi connectivity index (χ3n) is 3.14. The van der Waals surface area contributed by atoms with Crippen LogP contribution in [0.1, 0.15) is 6.92 Å². The van der Waals surface area contributed by atoms with Crippen molar-refractivity contribution in [1.29, 1.82) is 0 Å². The van der Waals surface area contributed by atoms with Crippen LogP contribution in [0.5, 0.6) is 5.88 Å². The van der Waals surface area contributed by atoms with Gasteiger partial charge in [0.2, 0.25) is 11.8 Å². The topological polar surface area (TPSA) is 63.2 Å². The van der Waals surface area contributed by atoms with Crippen LogP contribution in [-0.4, -0.2) is 47.7 Å². The number of hydrogen-bond donors (Lipinski definition) is 1. The minimum Gasteiger partial charge on any atom is -0.477 e. The molecule has 3 rings (SSSR count). The Labute approximate surface area is 111 Å². The third-order valence-corrected chi connectivity index (χ3v) is 3.14. The van der Waals surface area contributed by atoms with E-state index in [2.05, 4.69) is 25.2 Å². The van der Waals surface area contributed by atoms with E-state index in [4.69, 9.17) is 4.74 Å². The first-order valence-electron chi connectivity index (χ1n) is 6.58. The molecule has 0 amide bonds. The number of fused-ring (bicyclic) bond motifs is 1. The van der Waals surface area contributed by atoms with E-state index in [9.17, 15) is 0 Å². The number of ether oxygens (including phenoxy) is 1. The zero-order valence-electron chi connectivity index (χ0n) is 11.0. The molecule has 6 nitrogen and oxygen atoms in total. The van der Waals surface area contributed by atoms with Crippen LogP contribution in [0.15, 0.2) is 18.5 Å². The Morgan fingerprint density at radius 3 is 2.95 bits per heavy atom. The van der Waals surface area contributed by atoms with Gasteiger partial charge < -0.3 is 15.0 Å². The van der Waals surface area contributed by atoms with Gasteiger partial charge in [-0.25, -0.2) is 15.0 Å². The molecule has 2 aromatic heterocycles. The Kier molecular flexibility index (Phi) is 3.41. The van der Waals surface area contributed by atoms with Gasteiger partial charge in [-0.3, -0.25) is 0 Å². The van der Waals surface area contributed by atoms with Crippen molar-refractivity contribution in [1.82, 2.24) is 20.3 Å². The van der Waals surface area contributed by atoms with Crippen LogP contribution in [0, 0.1) is 0 Å². The van der Waals surface area contributed by atoms with Gasteiger partial charge in [0.1, 0.15) is 0 Å². The zero-order valence-corrected chi connectivity index (χ0v) is 11.0. The average molecular weight is 259 g/mol. The summed E-state index contributed by atoms with van der Waals surface area (Å²) in [5.74, 6) is 1.38. The smallest absolute Gasteiger partial charge is 0.225 e. The fourth-order valence-corrected chi connectivity index (χ4v) is 2.19.